The Labute approximate surface area is 130 Å². The monoisotopic (exact) mass is 305 g/mol. The van der Waals surface area contributed by atoms with Crippen molar-refractivity contribution in [3.8, 4) is 5.75 Å². The van der Waals surface area contributed by atoms with Crippen molar-refractivity contribution < 1.29 is 19.4 Å². The van der Waals surface area contributed by atoms with E-state index in [1.54, 1.807) is 7.11 Å². The molecule has 0 aromatic heterocycles. The van der Waals surface area contributed by atoms with Crippen LogP contribution in [0.15, 0.2) is 24.3 Å². The van der Waals surface area contributed by atoms with Gasteiger partial charge in [-0.3, -0.25) is 9.59 Å². The van der Waals surface area contributed by atoms with Gasteiger partial charge in [0.25, 0.3) is 0 Å². The number of carboxylic acid groups (broad SMARTS) is 1. The summed E-state index contributed by atoms with van der Waals surface area (Å²) in [6.45, 7) is 1.90. The van der Waals surface area contributed by atoms with E-state index in [2.05, 4.69) is 5.32 Å². The van der Waals surface area contributed by atoms with Gasteiger partial charge in [0.05, 0.1) is 25.0 Å². The van der Waals surface area contributed by atoms with E-state index in [4.69, 9.17) is 4.74 Å². The zero-order chi connectivity index (χ0) is 16.1. The van der Waals surface area contributed by atoms with Crippen LogP contribution in [0.25, 0.3) is 0 Å². The number of hydrogen-bond acceptors (Lipinski definition) is 3. The molecule has 2 N–H and O–H groups in total. The SMILES string of the molecule is COc1ccc(C(C)NC(=O)C2CCCCC2C(=O)O)cc1. The molecule has 0 heterocycles. The molecular formula is C17H23NO4. The summed E-state index contributed by atoms with van der Waals surface area (Å²) in [7, 11) is 1.61. The molecule has 1 aromatic rings. The number of rotatable bonds is 5. The third-order valence-corrected chi connectivity index (χ3v) is 4.39. The summed E-state index contributed by atoms with van der Waals surface area (Å²) < 4.78 is 5.11. The first kappa shape index (κ1) is 16.3. The van der Waals surface area contributed by atoms with E-state index in [-0.39, 0.29) is 11.9 Å². The van der Waals surface area contributed by atoms with Crippen LogP contribution in [0.5, 0.6) is 5.75 Å². The summed E-state index contributed by atoms with van der Waals surface area (Å²) in [6, 6.07) is 7.34. The average Bonchev–Trinajstić information content (AvgIpc) is 2.54. The molecule has 0 radical (unpaired) electrons. The number of hydrogen-bond donors (Lipinski definition) is 2. The maximum atomic E-state index is 12.4. The van der Waals surface area contributed by atoms with Gasteiger partial charge in [-0.1, -0.05) is 25.0 Å². The molecule has 3 unspecified atom stereocenters. The summed E-state index contributed by atoms with van der Waals surface area (Å²) in [4.78, 5) is 23.7. The molecule has 3 atom stereocenters. The lowest BCUT2D eigenvalue weighted by atomic mass is 9.78. The zero-order valence-corrected chi connectivity index (χ0v) is 13.0. The first-order valence-electron chi connectivity index (χ1n) is 7.70. The van der Waals surface area contributed by atoms with Gasteiger partial charge in [0.15, 0.2) is 0 Å². The predicted octanol–water partition coefficient (Wildman–Crippen LogP) is 2.76. The van der Waals surface area contributed by atoms with E-state index in [1.165, 1.54) is 0 Å². The topological polar surface area (TPSA) is 75.6 Å². The molecule has 120 valence electrons. The molecule has 0 aliphatic heterocycles. The van der Waals surface area contributed by atoms with Gasteiger partial charge in [-0.25, -0.2) is 0 Å². The number of carbonyl (C=O) groups is 2. The van der Waals surface area contributed by atoms with Crippen molar-refractivity contribution >= 4 is 11.9 Å². The molecule has 1 aromatic carbocycles. The lowest BCUT2D eigenvalue weighted by Gasteiger charge is -2.28. The number of carboxylic acids is 1. The number of nitrogens with one attached hydrogen (secondary N) is 1. The Morgan fingerprint density at radius 3 is 2.32 bits per heavy atom. The molecule has 1 saturated carbocycles. The van der Waals surface area contributed by atoms with Crippen molar-refractivity contribution in [1.82, 2.24) is 5.32 Å². The van der Waals surface area contributed by atoms with Gasteiger partial charge in [0.2, 0.25) is 5.91 Å². The molecule has 1 fully saturated rings. The Hall–Kier alpha value is -2.04. The van der Waals surface area contributed by atoms with Crippen LogP contribution in [-0.4, -0.2) is 24.1 Å². The number of methoxy groups -OCH3 is 1. The van der Waals surface area contributed by atoms with Crippen LogP contribution in [0, 0.1) is 11.8 Å². The Morgan fingerprint density at radius 2 is 1.77 bits per heavy atom. The maximum Gasteiger partial charge on any atom is 0.307 e. The Balaban J connectivity index is 2.01. The Morgan fingerprint density at radius 1 is 1.18 bits per heavy atom. The molecular weight excluding hydrogens is 282 g/mol. The molecule has 1 aliphatic rings. The molecule has 0 bridgehead atoms. The minimum Gasteiger partial charge on any atom is -0.497 e. The highest BCUT2D eigenvalue weighted by Crippen LogP contribution is 2.31. The summed E-state index contributed by atoms with van der Waals surface area (Å²) in [5.74, 6) is -1.24. The third kappa shape index (κ3) is 3.78. The van der Waals surface area contributed by atoms with Crippen LogP contribution in [0.4, 0.5) is 0 Å². The first-order chi connectivity index (χ1) is 10.5. The van der Waals surface area contributed by atoms with Crippen LogP contribution in [0.3, 0.4) is 0 Å². The number of aliphatic carboxylic acids is 1. The van der Waals surface area contributed by atoms with Crippen molar-refractivity contribution in [2.75, 3.05) is 7.11 Å². The van der Waals surface area contributed by atoms with Crippen molar-refractivity contribution in [1.29, 1.82) is 0 Å². The molecule has 5 heteroatoms. The van der Waals surface area contributed by atoms with Crippen molar-refractivity contribution in [2.45, 2.75) is 38.6 Å². The molecule has 1 amide bonds. The highest BCUT2D eigenvalue weighted by molar-refractivity contribution is 5.85. The zero-order valence-electron chi connectivity index (χ0n) is 13.0. The minimum absolute atomic E-state index is 0.157. The van der Waals surface area contributed by atoms with Crippen molar-refractivity contribution in [2.24, 2.45) is 11.8 Å². The molecule has 22 heavy (non-hydrogen) atoms. The largest absolute Gasteiger partial charge is 0.497 e. The number of ether oxygens (including phenoxy) is 1. The lowest BCUT2D eigenvalue weighted by molar-refractivity contribution is -0.149. The molecule has 5 nitrogen and oxygen atoms in total. The normalized spacial score (nSPS) is 22.6. The van der Waals surface area contributed by atoms with Gasteiger partial charge in [0.1, 0.15) is 5.75 Å². The summed E-state index contributed by atoms with van der Waals surface area (Å²) >= 11 is 0. The van der Waals surface area contributed by atoms with E-state index in [1.807, 2.05) is 31.2 Å². The highest BCUT2D eigenvalue weighted by Gasteiger charge is 2.36. The van der Waals surface area contributed by atoms with E-state index in [0.29, 0.717) is 12.8 Å². The van der Waals surface area contributed by atoms with E-state index in [0.717, 1.165) is 24.2 Å². The fraction of sp³-hybridized carbons (Fsp3) is 0.529. The fourth-order valence-electron chi connectivity index (χ4n) is 3.04. The van der Waals surface area contributed by atoms with Crippen LogP contribution >= 0.6 is 0 Å². The molecule has 0 saturated heterocycles. The molecule has 2 rings (SSSR count). The maximum absolute atomic E-state index is 12.4. The van der Waals surface area contributed by atoms with Crippen molar-refractivity contribution in [3.05, 3.63) is 29.8 Å². The third-order valence-electron chi connectivity index (χ3n) is 4.39. The predicted molar refractivity (Wildman–Crippen MR) is 82.6 cm³/mol. The van der Waals surface area contributed by atoms with Gasteiger partial charge >= 0.3 is 5.97 Å². The smallest absolute Gasteiger partial charge is 0.307 e. The summed E-state index contributed by atoms with van der Waals surface area (Å²) in [5, 5.41) is 12.2. The fourth-order valence-corrected chi connectivity index (χ4v) is 3.04. The van der Waals surface area contributed by atoms with Gasteiger partial charge in [-0.2, -0.15) is 0 Å². The van der Waals surface area contributed by atoms with E-state index >= 15 is 0 Å². The lowest BCUT2D eigenvalue weighted by Crippen LogP contribution is -2.40. The van der Waals surface area contributed by atoms with E-state index < -0.39 is 17.8 Å². The van der Waals surface area contributed by atoms with E-state index in [9.17, 15) is 14.7 Å². The quantitative estimate of drug-likeness (QED) is 0.877. The highest BCUT2D eigenvalue weighted by atomic mass is 16.5. The first-order valence-corrected chi connectivity index (χ1v) is 7.70. The number of carbonyl (C=O) groups excluding carboxylic acids is 1. The van der Waals surface area contributed by atoms with Crippen LogP contribution < -0.4 is 10.1 Å². The van der Waals surface area contributed by atoms with Crippen LogP contribution in [0.2, 0.25) is 0 Å². The van der Waals surface area contributed by atoms with Gasteiger partial charge in [-0.05, 0) is 37.5 Å². The van der Waals surface area contributed by atoms with Gasteiger partial charge in [-0.15, -0.1) is 0 Å². The Kier molecular flexibility index (Phi) is 5.41. The average molecular weight is 305 g/mol. The second-order valence-corrected chi connectivity index (χ2v) is 5.84. The van der Waals surface area contributed by atoms with Gasteiger partial charge < -0.3 is 15.2 Å². The molecule has 1 aliphatic carbocycles. The second kappa shape index (κ2) is 7.29. The Bertz CT molecular complexity index is 526. The second-order valence-electron chi connectivity index (χ2n) is 5.84. The summed E-state index contributed by atoms with van der Waals surface area (Å²) in [5.41, 5.74) is 0.969. The van der Waals surface area contributed by atoms with Crippen molar-refractivity contribution in [3.63, 3.8) is 0 Å². The standard InChI is InChI=1S/C17H23NO4/c1-11(12-7-9-13(22-2)10-8-12)18-16(19)14-5-3-4-6-15(14)17(20)21/h7-11,14-15H,3-6H2,1-2H3,(H,18,19)(H,20,21). The summed E-state index contributed by atoms with van der Waals surface area (Å²) in [6.07, 6.45) is 3.04. The van der Waals surface area contributed by atoms with Gasteiger partial charge in [0, 0.05) is 0 Å². The molecule has 0 spiro atoms. The van der Waals surface area contributed by atoms with Crippen LogP contribution in [-0.2, 0) is 9.59 Å². The van der Waals surface area contributed by atoms with Crippen LogP contribution in [0.1, 0.15) is 44.2 Å². The number of amides is 1. The number of benzene rings is 1. The minimum atomic E-state index is -0.864.